The molecule has 0 aliphatic carbocycles. The van der Waals surface area contributed by atoms with Crippen molar-refractivity contribution >= 4 is 15.8 Å². The van der Waals surface area contributed by atoms with E-state index < -0.39 is 10.0 Å². The van der Waals surface area contributed by atoms with Crippen LogP contribution in [0.25, 0.3) is 11.4 Å². The summed E-state index contributed by atoms with van der Waals surface area (Å²) in [4.78, 5) is 17.0. The van der Waals surface area contributed by atoms with E-state index in [0.29, 0.717) is 22.6 Å². The largest absolute Gasteiger partial charge is 0.493 e. The molecule has 10 heteroatoms. The lowest BCUT2D eigenvalue weighted by atomic mass is 10.2. The van der Waals surface area contributed by atoms with Gasteiger partial charge in [0.15, 0.2) is 28.2 Å². The molecule has 0 saturated carbocycles. The highest BCUT2D eigenvalue weighted by atomic mass is 32.2. The number of hydrogen-bond donors (Lipinski definition) is 1. The Balaban J connectivity index is 1.80. The first-order valence-corrected chi connectivity index (χ1v) is 11.4. The Morgan fingerprint density at radius 2 is 1.64 bits per heavy atom. The fourth-order valence-corrected chi connectivity index (χ4v) is 3.92. The van der Waals surface area contributed by atoms with Gasteiger partial charge in [0.25, 0.3) is 10.0 Å². The molecule has 1 N–H and O–H groups in total. The Hall–Kier alpha value is -4.05. The second-order valence-corrected chi connectivity index (χ2v) is 8.72. The second-order valence-electron chi connectivity index (χ2n) is 7.09. The highest BCUT2D eigenvalue weighted by Crippen LogP contribution is 2.35. The van der Waals surface area contributed by atoms with E-state index in [0.717, 1.165) is 5.56 Å². The zero-order valence-electron chi connectivity index (χ0n) is 18.2. The van der Waals surface area contributed by atoms with Gasteiger partial charge in [-0.1, -0.05) is 18.2 Å². The van der Waals surface area contributed by atoms with E-state index in [2.05, 4.69) is 24.7 Å². The smallest absolute Gasteiger partial charge is 0.280 e. The van der Waals surface area contributed by atoms with Crippen LogP contribution in [-0.2, 0) is 10.0 Å². The van der Waals surface area contributed by atoms with Crippen molar-refractivity contribution in [1.29, 1.82) is 0 Å². The first kappa shape index (κ1) is 22.2. The van der Waals surface area contributed by atoms with E-state index in [9.17, 15) is 8.42 Å². The van der Waals surface area contributed by atoms with Gasteiger partial charge in [0.2, 0.25) is 5.88 Å². The Morgan fingerprint density at radius 3 is 2.30 bits per heavy atom. The van der Waals surface area contributed by atoms with Crippen LogP contribution < -0.4 is 14.2 Å². The number of rotatable bonds is 7. The van der Waals surface area contributed by atoms with Crippen LogP contribution in [0, 0.1) is 13.8 Å². The Bertz CT molecular complexity index is 1380. The lowest BCUT2D eigenvalue weighted by molar-refractivity contribution is 0.373. The summed E-state index contributed by atoms with van der Waals surface area (Å²) in [5.74, 6) is 1.45. The molecule has 0 aliphatic rings. The molecule has 0 amide bonds. The predicted octanol–water partition coefficient (Wildman–Crippen LogP) is 4.15. The molecule has 0 atom stereocenters. The number of methoxy groups -OCH3 is 1. The third-order valence-corrected chi connectivity index (χ3v) is 5.96. The van der Waals surface area contributed by atoms with Crippen LogP contribution in [0.1, 0.15) is 11.1 Å². The molecule has 33 heavy (non-hydrogen) atoms. The molecule has 3 aromatic heterocycles. The molecule has 3 heterocycles. The van der Waals surface area contributed by atoms with Gasteiger partial charge in [0.05, 0.1) is 12.7 Å². The Morgan fingerprint density at radius 1 is 0.909 bits per heavy atom. The van der Waals surface area contributed by atoms with Crippen molar-refractivity contribution in [2.75, 3.05) is 11.8 Å². The van der Waals surface area contributed by atoms with E-state index in [1.165, 1.54) is 19.4 Å². The third kappa shape index (κ3) is 4.90. The van der Waals surface area contributed by atoms with Gasteiger partial charge in [0, 0.05) is 24.2 Å². The van der Waals surface area contributed by atoms with Crippen LogP contribution in [0.5, 0.6) is 17.4 Å². The average molecular weight is 464 g/mol. The molecule has 0 radical (unpaired) electrons. The van der Waals surface area contributed by atoms with Crippen molar-refractivity contribution in [3.05, 3.63) is 78.2 Å². The molecule has 0 bridgehead atoms. The SMILES string of the molecule is COc1ccccc1Oc1nc(-c2ccncc2)nc(NS(=O)(=O)c2ccc(C)cn2)c1C. The second kappa shape index (κ2) is 9.21. The number of benzene rings is 1. The van der Waals surface area contributed by atoms with E-state index in [-0.39, 0.29) is 22.5 Å². The molecular weight excluding hydrogens is 442 g/mol. The summed E-state index contributed by atoms with van der Waals surface area (Å²) >= 11 is 0. The van der Waals surface area contributed by atoms with E-state index in [1.807, 2.05) is 13.0 Å². The summed E-state index contributed by atoms with van der Waals surface area (Å²) in [5, 5.41) is -0.122. The van der Waals surface area contributed by atoms with E-state index >= 15 is 0 Å². The highest BCUT2D eigenvalue weighted by molar-refractivity contribution is 7.92. The molecule has 4 aromatic rings. The quantitative estimate of drug-likeness (QED) is 0.434. The normalized spacial score (nSPS) is 11.1. The maximum atomic E-state index is 13.0. The number of hydrogen-bond acceptors (Lipinski definition) is 8. The molecule has 0 saturated heterocycles. The van der Waals surface area contributed by atoms with Crippen molar-refractivity contribution in [2.45, 2.75) is 18.9 Å². The van der Waals surface area contributed by atoms with E-state index in [1.54, 1.807) is 55.7 Å². The first-order chi connectivity index (χ1) is 15.9. The fraction of sp³-hybridized carbons (Fsp3) is 0.130. The Kier molecular flexibility index (Phi) is 6.18. The van der Waals surface area contributed by atoms with Gasteiger partial charge >= 0.3 is 0 Å². The molecule has 0 fully saturated rings. The molecule has 0 aliphatic heterocycles. The van der Waals surface area contributed by atoms with Gasteiger partial charge in [0.1, 0.15) is 0 Å². The molecular formula is C23H21N5O4S. The molecule has 0 spiro atoms. The summed E-state index contributed by atoms with van der Waals surface area (Å²) < 4.78 is 39.9. The summed E-state index contributed by atoms with van der Waals surface area (Å²) in [6.45, 7) is 3.50. The van der Waals surface area contributed by atoms with Crippen molar-refractivity contribution < 1.29 is 17.9 Å². The topological polar surface area (TPSA) is 116 Å². The molecule has 0 unspecified atom stereocenters. The number of nitrogens with one attached hydrogen (secondary N) is 1. The van der Waals surface area contributed by atoms with Gasteiger partial charge in [-0.3, -0.25) is 9.71 Å². The molecule has 168 valence electrons. The lowest BCUT2D eigenvalue weighted by Gasteiger charge is -2.15. The number of sulfonamides is 1. The number of aromatic nitrogens is 4. The van der Waals surface area contributed by atoms with Gasteiger partial charge in [-0.15, -0.1) is 0 Å². The minimum Gasteiger partial charge on any atom is -0.493 e. The minimum atomic E-state index is -4.00. The van der Waals surface area contributed by atoms with Crippen LogP contribution in [0.3, 0.4) is 0 Å². The van der Waals surface area contributed by atoms with Crippen molar-refractivity contribution in [3.63, 3.8) is 0 Å². The van der Waals surface area contributed by atoms with Crippen molar-refractivity contribution in [3.8, 4) is 28.8 Å². The van der Waals surface area contributed by atoms with Gasteiger partial charge < -0.3 is 9.47 Å². The zero-order valence-corrected chi connectivity index (χ0v) is 19.0. The van der Waals surface area contributed by atoms with Crippen molar-refractivity contribution in [1.82, 2.24) is 19.9 Å². The molecule has 4 rings (SSSR count). The number of ether oxygens (including phenoxy) is 2. The minimum absolute atomic E-state index is 0.0732. The number of anilines is 1. The monoisotopic (exact) mass is 463 g/mol. The van der Waals surface area contributed by atoms with Crippen molar-refractivity contribution in [2.24, 2.45) is 0 Å². The number of aryl methyl sites for hydroxylation is 1. The Labute approximate surface area is 191 Å². The summed E-state index contributed by atoms with van der Waals surface area (Å²) in [6.07, 6.45) is 4.68. The fourth-order valence-electron chi connectivity index (χ4n) is 2.92. The van der Waals surface area contributed by atoms with Gasteiger partial charge in [-0.2, -0.15) is 13.4 Å². The molecule has 1 aromatic carbocycles. The summed E-state index contributed by atoms with van der Waals surface area (Å²) in [6, 6.07) is 13.6. The maximum absolute atomic E-state index is 13.0. The predicted molar refractivity (Wildman–Crippen MR) is 123 cm³/mol. The first-order valence-electron chi connectivity index (χ1n) is 9.93. The lowest BCUT2D eigenvalue weighted by Crippen LogP contribution is -2.17. The summed E-state index contributed by atoms with van der Waals surface area (Å²) in [7, 11) is -2.46. The van der Waals surface area contributed by atoms with Gasteiger partial charge in [-0.25, -0.2) is 9.97 Å². The summed E-state index contributed by atoms with van der Waals surface area (Å²) in [5.41, 5.74) is 1.89. The van der Waals surface area contributed by atoms with Crippen LogP contribution in [-0.4, -0.2) is 35.5 Å². The number of nitrogens with zero attached hydrogens (tertiary/aromatic N) is 4. The van der Waals surface area contributed by atoms with Crippen LogP contribution >= 0.6 is 0 Å². The van der Waals surface area contributed by atoms with Crippen LogP contribution in [0.2, 0.25) is 0 Å². The third-order valence-electron chi connectivity index (χ3n) is 4.71. The average Bonchev–Trinajstić information content (AvgIpc) is 2.82. The van der Waals surface area contributed by atoms with Gasteiger partial charge in [-0.05, 0) is 49.7 Å². The number of pyridine rings is 2. The van der Waals surface area contributed by atoms with Crippen LogP contribution in [0.4, 0.5) is 5.82 Å². The maximum Gasteiger partial charge on any atom is 0.280 e. The standard InChI is InChI=1S/C23H21N5O4S/c1-15-8-9-20(25-14-15)33(29,30)28-21-16(2)23(32-19-7-5-4-6-18(19)31-3)27-22(26-21)17-10-12-24-13-11-17/h4-14H,1-3H3,(H,26,27,28). The van der Waals surface area contributed by atoms with E-state index in [4.69, 9.17) is 9.47 Å². The molecule has 9 nitrogen and oxygen atoms in total. The number of para-hydroxylation sites is 2. The highest BCUT2D eigenvalue weighted by Gasteiger charge is 2.22. The zero-order chi connectivity index (χ0) is 23.4. The van der Waals surface area contributed by atoms with Crippen LogP contribution in [0.15, 0.2) is 72.1 Å².